The molecule has 0 fully saturated rings. The number of terminal acetylenes is 1. The zero-order chi connectivity index (χ0) is 18.9. The van der Waals surface area contributed by atoms with E-state index in [1.165, 1.54) is 0 Å². The summed E-state index contributed by atoms with van der Waals surface area (Å²) in [6.45, 7) is 0.622. The van der Waals surface area contributed by atoms with Crippen molar-refractivity contribution in [3.05, 3.63) is 58.6 Å². The van der Waals surface area contributed by atoms with Gasteiger partial charge >= 0.3 is 0 Å². The van der Waals surface area contributed by atoms with E-state index in [1.54, 1.807) is 37.4 Å². The third-order valence-corrected chi connectivity index (χ3v) is 4.35. The standard InChI is InChI=1S/C20H19Cl2NO3/c1-3-12-26-17-9-4-14(13-18(17)25-2)10-11-23-20(24)19(22)15-5-7-16(21)8-6-15/h1,4-9,13,19H,10-12H2,2H3,(H,23,24). The highest BCUT2D eigenvalue weighted by Crippen LogP contribution is 2.28. The zero-order valence-corrected chi connectivity index (χ0v) is 15.8. The summed E-state index contributed by atoms with van der Waals surface area (Å²) in [5.41, 5.74) is 1.69. The highest BCUT2D eigenvalue weighted by Gasteiger charge is 2.17. The van der Waals surface area contributed by atoms with Crippen LogP contribution < -0.4 is 14.8 Å². The van der Waals surface area contributed by atoms with Gasteiger partial charge in [-0.3, -0.25) is 4.79 Å². The number of hydrogen-bond acceptors (Lipinski definition) is 3. The number of carbonyl (C=O) groups is 1. The van der Waals surface area contributed by atoms with Gasteiger partial charge in [-0.2, -0.15) is 0 Å². The first kappa shape index (κ1) is 20.0. The maximum Gasteiger partial charge on any atom is 0.242 e. The molecule has 0 aliphatic heterocycles. The van der Waals surface area contributed by atoms with Crippen molar-refractivity contribution < 1.29 is 14.3 Å². The Morgan fingerprint density at radius 3 is 2.62 bits per heavy atom. The average molecular weight is 392 g/mol. The fourth-order valence-corrected chi connectivity index (χ4v) is 2.66. The largest absolute Gasteiger partial charge is 0.493 e. The van der Waals surface area contributed by atoms with E-state index >= 15 is 0 Å². The smallest absolute Gasteiger partial charge is 0.242 e. The van der Waals surface area contributed by atoms with Gasteiger partial charge in [-0.05, 0) is 41.8 Å². The first-order valence-electron chi connectivity index (χ1n) is 7.95. The Bertz CT molecular complexity index is 785. The van der Waals surface area contributed by atoms with Crippen LogP contribution in [0.5, 0.6) is 11.5 Å². The molecule has 2 rings (SSSR count). The molecule has 136 valence electrons. The number of nitrogens with one attached hydrogen (secondary N) is 1. The number of halogens is 2. The number of methoxy groups -OCH3 is 1. The number of hydrogen-bond donors (Lipinski definition) is 1. The minimum Gasteiger partial charge on any atom is -0.493 e. The van der Waals surface area contributed by atoms with Gasteiger partial charge in [-0.15, -0.1) is 18.0 Å². The molecule has 1 N–H and O–H groups in total. The summed E-state index contributed by atoms with van der Waals surface area (Å²) >= 11 is 12.0. The molecular formula is C20H19Cl2NO3. The third-order valence-electron chi connectivity index (χ3n) is 3.64. The van der Waals surface area contributed by atoms with Gasteiger partial charge < -0.3 is 14.8 Å². The molecule has 0 spiro atoms. The van der Waals surface area contributed by atoms with Crippen LogP contribution >= 0.6 is 23.2 Å². The predicted molar refractivity (Wildman–Crippen MR) is 104 cm³/mol. The number of amides is 1. The Labute approximate surface area is 163 Å². The lowest BCUT2D eigenvalue weighted by molar-refractivity contribution is -0.120. The lowest BCUT2D eigenvalue weighted by Gasteiger charge is -2.13. The Kier molecular flexibility index (Phi) is 7.65. The molecule has 0 saturated carbocycles. The van der Waals surface area contributed by atoms with Crippen molar-refractivity contribution in [3.8, 4) is 23.8 Å². The summed E-state index contributed by atoms with van der Waals surface area (Å²) < 4.78 is 10.7. The summed E-state index contributed by atoms with van der Waals surface area (Å²) in [7, 11) is 1.56. The molecule has 0 aliphatic carbocycles. The normalized spacial score (nSPS) is 11.3. The van der Waals surface area contributed by atoms with Crippen LogP contribution in [0.3, 0.4) is 0 Å². The maximum atomic E-state index is 12.2. The molecule has 1 atom stereocenters. The summed E-state index contributed by atoms with van der Waals surface area (Å²) in [6.07, 6.45) is 5.82. The summed E-state index contributed by atoms with van der Waals surface area (Å²) in [5.74, 6) is 3.34. The van der Waals surface area contributed by atoms with Crippen molar-refractivity contribution in [2.45, 2.75) is 11.8 Å². The first-order chi connectivity index (χ1) is 12.5. The van der Waals surface area contributed by atoms with E-state index in [9.17, 15) is 4.79 Å². The first-order valence-corrected chi connectivity index (χ1v) is 8.77. The van der Waals surface area contributed by atoms with E-state index in [2.05, 4.69) is 11.2 Å². The summed E-state index contributed by atoms with van der Waals surface area (Å²) in [5, 5.41) is 2.66. The van der Waals surface area contributed by atoms with E-state index in [4.69, 9.17) is 39.1 Å². The van der Waals surface area contributed by atoms with Gasteiger partial charge in [0.25, 0.3) is 0 Å². The van der Waals surface area contributed by atoms with Crippen LogP contribution in [0.25, 0.3) is 0 Å². The molecular weight excluding hydrogens is 373 g/mol. The zero-order valence-electron chi connectivity index (χ0n) is 14.3. The molecule has 0 aromatic heterocycles. The Hall–Kier alpha value is -2.35. The lowest BCUT2D eigenvalue weighted by Crippen LogP contribution is -2.28. The highest BCUT2D eigenvalue weighted by molar-refractivity contribution is 6.31. The van der Waals surface area contributed by atoms with Crippen molar-refractivity contribution in [3.63, 3.8) is 0 Å². The summed E-state index contributed by atoms with van der Waals surface area (Å²) in [4.78, 5) is 12.2. The van der Waals surface area contributed by atoms with Crippen LogP contribution in [0.2, 0.25) is 5.02 Å². The van der Waals surface area contributed by atoms with E-state index in [-0.39, 0.29) is 12.5 Å². The fourth-order valence-electron chi connectivity index (χ4n) is 2.31. The summed E-state index contributed by atoms with van der Waals surface area (Å²) in [6, 6.07) is 12.4. The average Bonchev–Trinajstić information content (AvgIpc) is 2.66. The molecule has 6 heteroatoms. The molecule has 0 heterocycles. The van der Waals surface area contributed by atoms with Crippen LogP contribution in [0.15, 0.2) is 42.5 Å². The van der Waals surface area contributed by atoms with Crippen LogP contribution in [-0.2, 0) is 11.2 Å². The minimum atomic E-state index is -0.763. The highest BCUT2D eigenvalue weighted by atomic mass is 35.5. The second-order valence-electron chi connectivity index (χ2n) is 5.43. The number of benzene rings is 2. The molecule has 1 amide bonds. The molecule has 0 bridgehead atoms. The number of alkyl halides is 1. The molecule has 0 aliphatic rings. The van der Waals surface area contributed by atoms with Crippen LogP contribution in [-0.4, -0.2) is 26.2 Å². The van der Waals surface area contributed by atoms with Gasteiger partial charge in [0.1, 0.15) is 12.0 Å². The van der Waals surface area contributed by atoms with Crippen molar-refractivity contribution in [1.29, 1.82) is 0 Å². The van der Waals surface area contributed by atoms with Crippen molar-refractivity contribution >= 4 is 29.1 Å². The van der Waals surface area contributed by atoms with E-state index < -0.39 is 5.38 Å². The third kappa shape index (κ3) is 5.59. The van der Waals surface area contributed by atoms with E-state index in [0.29, 0.717) is 35.1 Å². The number of rotatable bonds is 8. The fraction of sp³-hybridized carbons (Fsp3) is 0.250. The Balaban J connectivity index is 1.89. The van der Waals surface area contributed by atoms with Crippen LogP contribution in [0.1, 0.15) is 16.5 Å². The monoisotopic (exact) mass is 391 g/mol. The molecule has 2 aromatic carbocycles. The van der Waals surface area contributed by atoms with Crippen molar-refractivity contribution in [1.82, 2.24) is 5.32 Å². The molecule has 4 nitrogen and oxygen atoms in total. The Morgan fingerprint density at radius 2 is 1.96 bits per heavy atom. The van der Waals surface area contributed by atoms with Gasteiger partial charge in [0.15, 0.2) is 11.5 Å². The quantitative estimate of drug-likeness (QED) is 0.546. The number of carbonyl (C=O) groups excluding carboxylic acids is 1. The molecule has 2 aromatic rings. The van der Waals surface area contributed by atoms with E-state index in [0.717, 1.165) is 5.56 Å². The molecule has 0 radical (unpaired) electrons. The van der Waals surface area contributed by atoms with Crippen LogP contribution in [0.4, 0.5) is 0 Å². The van der Waals surface area contributed by atoms with E-state index in [1.807, 2.05) is 12.1 Å². The second-order valence-corrected chi connectivity index (χ2v) is 6.31. The van der Waals surface area contributed by atoms with Crippen molar-refractivity contribution in [2.24, 2.45) is 0 Å². The molecule has 26 heavy (non-hydrogen) atoms. The predicted octanol–water partition coefficient (Wildman–Crippen LogP) is 4.00. The second kappa shape index (κ2) is 9.96. The SMILES string of the molecule is C#CCOc1ccc(CCNC(=O)C(Cl)c2ccc(Cl)cc2)cc1OC. The van der Waals surface area contributed by atoms with Gasteiger partial charge in [0.05, 0.1) is 7.11 Å². The minimum absolute atomic E-state index is 0.174. The van der Waals surface area contributed by atoms with Gasteiger partial charge in [-0.25, -0.2) is 0 Å². The topological polar surface area (TPSA) is 47.6 Å². The molecule has 1 unspecified atom stereocenters. The van der Waals surface area contributed by atoms with Crippen molar-refractivity contribution in [2.75, 3.05) is 20.3 Å². The van der Waals surface area contributed by atoms with Gasteiger partial charge in [0.2, 0.25) is 5.91 Å². The Morgan fingerprint density at radius 1 is 1.23 bits per heavy atom. The van der Waals surface area contributed by atoms with Gasteiger partial charge in [-0.1, -0.05) is 35.7 Å². The lowest BCUT2D eigenvalue weighted by atomic mass is 10.1. The van der Waals surface area contributed by atoms with Gasteiger partial charge in [0, 0.05) is 11.6 Å². The molecule has 0 saturated heterocycles. The maximum absolute atomic E-state index is 12.2. The number of ether oxygens (including phenoxy) is 2. The van der Waals surface area contributed by atoms with Crippen LogP contribution in [0, 0.1) is 12.3 Å².